The SMILES string of the molecule is CC(C)C(NC(N)=O)C(=O)NC(CCCNC(N)=O)C(=O)Nc1ccc(COC=O)cc1. The molecule has 0 saturated carbocycles. The number of urea groups is 2. The maximum atomic E-state index is 12.8. The highest BCUT2D eigenvalue weighted by Gasteiger charge is 2.28. The zero-order chi connectivity index (χ0) is 24.1. The Labute approximate surface area is 185 Å². The first-order valence-electron chi connectivity index (χ1n) is 9.98. The van der Waals surface area contributed by atoms with E-state index < -0.39 is 36.0 Å². The first-order chi connectivity index (χ1) is 15.1. The van der Waals surface area contributed by atoms with Crippen LogP contribution < -0.4 is 32.7 Å². The van der Waals surface area contributed by atoms with Crippen LogP contribution in [0.25, 0.3) is 0 Å². The zero-order valence-electron chi connectivity index (χ0n) is 18.1. The third kappa shape index (κ3) is 9.78. The van der Waals surface area contributed by atoms with Crippen molar-refractivity contribution in [3.8, 4) is 0 Å². The first kappa shape index (κ1) is 26.2. The first-order valence-corrected chi connectivity index (χ1v) is 9.98. The molecule has 0 aromatic heterocycles. The molecule has 176 valence electrons. The lowest BCUT2D eigenvalue weighted by molar-refractivity contribution is -0.129. The van der Waals surface area contributed by atoms with Crippen LogP contribution in [-0.4, -0.2) is 49.0 Å². The lowest BCUT2D eigenvalue weighted by Crippen LogP contribution is -2.55. The fraction of sp³-hybridized carbons (Fsp3) is 0.450. The van der Waals surface area contributed by atoms with Crippen molar-refractivity contribution in [2.45, 2.75) is 45.4 Å². The van der Waals surface area contributed by atoms with Crippen molar-refractivity contribution in [1.29, 1.82) is 0 Å². The van der Waals surface area contributed by atoms with Crippen LogP contribution >= 0.6 is 0 Å². The molecule has 0 saturated heterocycles. The standard InChI is InChI=1S/C20H30N6O6/c1-12(2)16(26-20(22)31)18(29)25-15(4-3-9-23-19(21)30)17(28)24-14-7-5-13(6-8-14)10-32-11-27/h5-8,11-12,15-16H,3-4,9-10H2,1-2H3,(H,24,28)(H,25,29)(H3,21,23,30)(H3,22,26,31). The average Bonchev–Trinajstić information content (AvgIpc) is 2.72. The van der Waals surface area contributed by atoms with Gasteiger partial charge in [0.2, 0.25) is 11.8 Å². The van der Waals surface area contributed by atoms with E-state index in [1.54, 1.807) is 38.1 Å². The van der Waals surface area contributed by atoms with E-state index in [4.69, 9.17) is 11.5 Å². The van der Waals surface area contributed by atoms with E-state index in [0.717, 1.165) is 5.56 Å². The Morgan fingerprint density at radius 3 is 2.19 bits per heavy atom. The Hall–Kier alpha value is -3.83. The van der Waals surface area contributed by atoms with Crippen LogP contribution in [0.5, 0.6) is 0 Å². The summed E-state index contributed by atoms with van der Waals surface area (Å²) >= 11 is 0. The largest absolute Gasteiger partial charge is 0.463 e. The summed E-state index contributed by atoms with van der Waals surface area (Å²) < 4.78 is 4.67. The predicted molar refractivity (Wildman–Crippen MR) is 116 cm³/mol. The Kier molecular flexibility index (Phi) is 11.0. The monoisotopic (exact) mass is 450 g/mol. The van der Waals surface area contributed by atoms with Gasteiger partial charge < -0.3 is 37.5 Å². The van der Waals surface area contributed by atoms with Crippen LogP contribution in [-0.2, 0) is 25.7 Å². The molecule has 0 radical (unpaired) electrons. The summed E-state index contributed by atoms with van der Waals surface area (Å²) in [6.45, 7) is 4.11. The normalized spacial score (nSPS) is 12.2. The fourth-order valence-corrected chi connectivity index (χ4v) is 2.78. The number of hydrogen-bond donors (Lipinski definition) is 6. The summed E-state index contributed by atoms with van der Waals surface area (Å²) in [4.78, 5) is 57.8. The van der Waals surface area contributed by atoms with Gasteiger partial charge in [-0.1, -0.05) is 26.0 Å². The number of rotatable bonds is 13. The molecule has 0 spiro atoms. The van der Waals surface area contributed by atoms with E-state index >= 15 is 0 Å². The van der Waals surface area contributed by atoms with E-state index in [9.17, 15) is 24.0 Å². The van der Waals surface area contributed by atoms with Crippen LogP contribution in [0, 0.1) is 5.92 Å². The molecule has 12 nitrogen and oxygen atoms in total. The van der Waals surface area contributed by atoms with Crippen molar-refractivity contribution >= 4 is 36.0 Å². The quantitative estimate of drug-likeness (QED) is 0.180. The maximum absolute atomic E-state index is 12.8. The van der Waals surface area contributed by atoms with Crippen LogP contribution in [0.4, 0.5) is 15.3 Å². The molecule has 1 aromatic carbocycles. The van der Waals surface area contributed by atoms with Gasteiger partial charge in [0.05, 0.1) is 0 Å². The smallest absolute Gasteiger partial charge is 0.312 e. The number of ether oxygens (including phenoxy) is 1. The Morgan fingerprint density at radius 1 is 1.00 bits per heavy atom. The highest BCUT2D eigenvalue weighted by atomic mass is 16.5. The maximum Gasteiger partial charge on any atom is 0.312 e. The molecule has 2 atom stereocenters. The highest BCUT2D eigenvalue weighted by molar-refractivity contribution is 5.98. The number of hydrogen-bond acceptors (Lipinski definition) is 6. The van der Waals surface area contributed by atoms with Gasteiger partial charge in [-0.2, -0.15) is 0 Å². The van der Waals surface area contributed by atoms with Gasteiger partial charge in [0.25, 0.3) is 6.47 Å². The van der Waals surface area contributed by atoms with E-state index in [-0.39, 0.29) is 25.5 Å². The molecule has 0 aliphatic rings. The number of amides is 6. The van der Waals surface area contributed by atoms with Gasteiger partial charge in [0.15, 0.2) is 0 Å². The van der Waals surface area contributed by atoms with Crippen molar-refractivity contribution < 1.29 is 28.7 Å². The Morgan fingerprint density at radius 2 is 1.66 bits per heavy atom. The third-order valence-electron chi connectivity index (χ3n) is 4.39. The molecular weight excluding hydrogens is 420 g/mol. The summed E-state index contributed by atoms with van der Waals surface area (Å²) in [6, 6.07) is 3.17. The number of nitrogens with one attached hydrogen (secondary N) is 4. The number of nitrogens with two attached hydrogens (primary N) is 2. The molecule has 8 N–H and O–H groups in total. The van der Waals surface area contributed by atoms with Crippen molar-refractivity contribution in [3.05, 3.63) is 29.8 Å². The highest BCUT2D eigenvalue weighted by Crippen LogP contribution is 2.12. The van der Waals surface area contributed by atoms with Gasteiger partial charge in [0, 0.05) is 12.2 Å². The minimum atomic E-state index is -0.953. The lowest BCUT2D eigenvalue weighted by Gasteiger charge is -2.24. The third-order valence-corrected chi connectivity index (χ3v) is 4.39. The van der Waals surface area contributed by atoms with Crippen LogP contribution in [0.1, 0.15) is 32.3 Å². The molecule has 0 aliphatic heterocycles. The second-order valence-corrected chi connectivity index (χ2v) is 7.32. The molecular formula is C20H30N6O6. The zero-order valence-corrected chi connectivity index (χ0v) is 18.1. The van der Waals surface area contributed by atoms with Crippen LogP contribution in [0.2, 0.25) is 0 Å². The minimum absolute atomic E-state index is 0.104. The van der Waals surface area contributed by atoms with Gasteiger partial charge in [-0.25, -0.2) is 9.59 Å². The minimum Gasteiger partial charge on any atom is -0.463 e. The molecule has 0 aliphatic carbocycles. The lowest BCUT2D eigenvalue weighted by atomic mass is 10.0. The summed E-state index contributed by atoms with van der Waals surface area (Å²) in [6.07, 6.45) is 0.559. The summed E-state index contributed by atoms with van der Waals surface area (Å²) in [5.41, 5.74) is 11.4. The van der Waals surface area contributed by atoms with Crippen LogP contribution in [0.15, 0.2) is 24.3 Å². The molecule has 32 heavy (non-hydrogen) atoms. The second-order valence-electron chi connectivity index (χ2n) is 7.32. The molecule has 1 rings (SSSR count). The topological polar surface area (TPSA) is 195 Å². The Balaban J connectivity index is 2.87. The predicted octanol–water partition coefficient (Wildman–Crippen LogP) is -0.0757. The van der Waals surface area contributed by atoms with Crippen molar-refractivity contribution in [1.82, 2.24) is 16.0 Å². The van der Waals surface area contributed by atoms with Gasteiger partial charge >= 0.3 is 12.1 Å². The summed E-state index contributed by atoms with van der Waals surface area (Å²) in [5.74, 6) is -1.33. The molecule has 0 heterocycles. The molecule has 0 bridgehead atoms. The van der Waals surface area contributed by atoms with Gasteiger partial charge in [-0.05, 0) is 36.5 Å². The van der Waals surface area contributed by atoms with Crippen LogP contribution in [0.3, 0.4) is 0 Å². The molecule has 12 heteroatoms. The number of carbonyl (C=O) groups excluding carboxylic acids is 5. The molecule has 0 fully saturated rings. The molecule has 1 aromatic rings. The van der Waals surface area contributed by atoms with Gasteiger partial charge in [-0.15, -0.1) is 0 Å². The van der Waals surface area contributed by atoms with Crippen molar-refractivity contribution in [3.63, 3.8) is 0 Å². The summed E-state index contributed by atoms with van der Waals surface area (Å²) in [7, 11) is 0. The number of primary amides is 2. The van der Waals surface area contributed by atoms with E-state index in [2.05, 4.69) is 26.0 Å². The average molecular weight is 450 g/mol. The molecule has 2 unspecified atom stereocenters. The van der Waals surface area contributed by atoms with Gasteiger partial charge in [-0.3, -0.25) is 14.4 Å². The van der Waals surface area contributed by atoms with E-state index in [0.29, 0.717) is 18.6 Å². The number of benzene rings is 1. The second kappa shape index (κ2) is 13.5. The number of carbonyl (C=O) groups is 5. The molecule has 6 amide bonds. The van der Waals surface area contributed by atoms with Crippen molar-refractivity contribution in [2.75, 3.05) is 11.9 Å². The fourth-order valence-electron chi connectivity index (χ4n) is 2.78. The van der Waals surface area contributed by atoms with E-state index in [1.807, 2.05) is 0 Å². The van der Waals surface area contributed by atoms with Crippen molar-refractivity contribution in [2.24, 2.45) is 17.4 Å². The summed E-state index contributed by atoms with van der Waals surface area (Å²) in [5, 5.41) is 10.1. The number of anilines is 1. The Bertz CT molecular complexity index is 798. The van der Waals surface area contributed by atoms with E-state index in [1.165, 1.54) is 0 Å². The van der Waals surface area contributed by atoms with Gasteiger partial charge in [0.1, 0.15) is 18.7 Å².